The minimum Gasteiger partial charge on any atom is -0.493 e. The molecule has 2 aromatic rings. The van der Waals surface area contributed by atoms with Crippen molar-refractivity contribution in [3.05, 3.63) is 77.9 Å². The Kier molecular flexibility index (Phi) is 7.36. The summed E-state index contributed by atoms with van der Waals surface area (Å²) in [5.74, 6) is 2.15. The van der Waals surface area contributed by atoms with E-state index >= 15 is 0 Å². The first-order chi connectivity index (χ1) is 15.5. The van der Waals surface area contributed by atoms with Crippen molar-refractivity contribution in [3.8, 4) is 5.75 Å². The molecule has 1 aliphatic heterocycles. The third-order valence-electron chi connectivity index (χ3n) is 6.31. The fraction of sp³-hybridized carbons (Fsp3) is 0.481. The normalized spacial score (nSPS) is 18.7. The number of nitrogens with zero attached hydrogens (tertiary/aromatic N) is 2. The van der Waals surface area contributed by atoms with Gasteiger partial charge in [-0.25, -0.2) is 4.39 Å². The van der Waals surface area contributed by atoms with E-state index in [1.807, 2.05) is 24.3 Å². The molecule has 1 N–H and O–H groups in total. The lowest BCUT2D eigenvalue weighted by molar-refractivity contribution is 0.217. The molecule has 2 aliphatic rings. The van der Waals surface area contributed by atoms with Crippen LogP contribution < -0.4 is 10.1 Å². The molecule has 2 aromatic carbocycles. The van der Waals surface area contributed by atoms with E-state index in [0.717, 1.165) is 55.8 Å². The number of likely N-dealkylation sites (tertiary alicyclic amines) is 1. The van der Waals surface area contributed by atoms with Gasteiger partial charge in [0.1, 0.15) is 11.6 Å². The summed E-state index contributed by atoms with van der Waals surface area (Å²) in [5, 5.41) is 3.53. The smallest absolute Gasteiger partial charge is 0.123 e. The Labute approximate surface area is 192 Å². The first-order valence-electron chi connectivity index (χ1n) is 11.9. The number of hydrogen-bond donors (Lipinski definition) is 1. The summed E-state index contributed by atoms with van der Waals surface area (Å²) in [6.07, 6.45) is 3.81. The lowest BCUT2D eigenvalue weighted by Crippen LogP contribution is -2.40. The van der Waals surface area contributed by atoms with Gasteiger partial charge >= 0.3 is 0 Å². The monoisotopic (exact) mass is 437 g/mol. The standard InChI is InChI=1S/C27H36FN3O/c1-20(2)19-32-27-12-6-22(7-13-27)16-29-21(3)31(17-23-4-8-24(28)9-5-23)26-14-15-30(18-26)25-10-11-25/h4-9,12-13,20,25-26,29H,3,10-11,14-19H2,1-2H3/t26-/m1/s1. The predicted molar refractivity (Wildman–Crippen MR) is 128 cm³/mol. The second-order valence-corrected chi connectivity index (χ2v) is 9.57. The molecule has 32 heavy (non-hydrogen) atoms. The molecule has 1 aliphatic carbocycles. The van der Waals surface area contributed by atoms with Crippen molar-refractivity contribution in [1.82, 2.24) is 15.1 Å². The molecular weight excluding hydrogens is 401 g/mol. The molecule has 0 bridgehead atoms. The molecule has 172 valence electrons. The minimum atomic E-state index is -0.196. The predicted octanol–water partition coefficient (Wildman–Crippen LogP) is 5.16. The number of hydrogen-bond acceptors (Lipinski definition) is 4. The van der Waals surface area contributed by atoms with Crippen molar-refractivity contribution in [2.24, 2.45) is 5.92 Å². The van der Waals surface area contributed by atoms with Crippen molar-refractivity contribution >= 4 is 0 Å². The van der Waals surface area contributed by atoms with Crippen molar-refractivity contribution in [2.75, 3.05) is 19.7 Å². The van der Waals surface area contributed by atoms with E-state index in [-0.39, 0.29) is 5.82 Å². The van der Waals surface area contributed by atoms with Gasteiger partial charge in [0.15, 0.2) is 0 Å². The van der Waals surface area contributed by atoms with Gasteiger partial charge in [0.25, 0.3) is 0 Å². The summed E-state index contributed by atoms with van der Waals surface area (Å²) in [4.78, 5) is 4.99. The van der Waals surface area contributed by atoms with E-state index in [1.54, 1.807) is 0 Å². The van der Waals surface area contributed by atoms with Gasteiger partial charge in [0.2, 0.25) is 0 Å². The number of ether oxygens (including phenoxy) is 1. The number of nitrogens with one attached hydrogen (secondary N) is 1. The van der Waals surface area contributed by atoms with E-state index in [1.165, 1.54) is 30.5 Å². The molecule has 1 heterocycles. The Morgan fingerprint density at radius 2 is 1.78 bits per heavy atom. The van der Waals surface area contributed by atoms with Crippen LogP contribution in [0.5, 0.6) is 5.75 Å². The molecule has 2 fully saturated rings. The Bertz CT molecular complexity index is 877. The second kappa shape index (κ2) is 10.4. The highest BCUT2D eigenvalue weighted by molar-refractivity contribution is 5.27. The molecule has 1 saturated carbocycles. The molecule has 0 unspecified atom stereocenters. The molecule has 1 saturated heterocycles. The number of halogens is 1. The second-order valence-electron chi connectivity index (χ2n) is 9.57. The maximum atomic E-state index is 13.4. The van der Waals surface area contributed by atoms with Crippen LogP contribution in [-0.4, -0.2) is 41.6 Å². The molecule has 0 aromatic heterocycles. The van der Waals surface area contributed by atoms with Crippen LogP contribution in [0.4, 0.5) is 4.39 Å². The lowest BCUT2D eigenvalue weighted by atomic mass is 10.1. The molecule has 4 rings (SSSR count). The maximum absolute atomic E-state index is 13.4. The van der Waals surface area contributed by atoms with Crippen molar-refractivity contribution < 1.29 is 9.13 Å². The van der Waals surface area contributed by atoms with Crippen LogP contribution in [-0.2, 0) is 13.1 Å². The highest BCUT2D eigenvalue weighted by Crippen LogP contribution is 2.32. The fourth-order valence-corrected chi connectivity index (χ4v) is 4.30. The zero-order chi connectivity index (χ0) is 22.5. The first kappa shape index (κ1) is 22.7. The van der Waals surface area contributed by atoms with E-state index in [4.69, 9.17) is 4.74 Å². The third kappa shape index (κ3) is 6.26. The van der Waals surface area contributed by atoms with Crippen LogP contribution in [0.3, 0.4) is 0 Å². The number of rotatable bonds is 11. The maximum Gasteiger partial charge on any atom is 0.123 e. The van der Waals surface area contributed by atoms with Gasteiger partial charge in [-0.3, -0.25) is 4.90 Å². The van der Waals surface area contributed by atoms with Crippen LogP contribution in [0, 0.1) is 11.7 Å². The highest BCUT2D eigenvalue weighted by atomic mass is 19.1. The summed E-state index contributed by atoms with van der Waals surface area (Å²) in [6, 6.07) is 16.3. The van der Waals surface area contributed by atoms with Gasteiger partial charge in [0, 0.05) is 38.3 Å². The van der Waals surface area contributed by atoms with E-state index < -0.39 is 0 Å². The SMILES string of the molecule is C=C(NCc1ccc(OCC(C)C)cc1)N(Cc1ccc(F)cc1)[C@@H]1CCN(C2CC2)C1. The van der Waals surface area contributed by atoms with E-state index in [2.05, 4.69) is 47.7 Å². The largest absolute Gasteiger partial charge is 0.493 e. The molecule has 0 radical (unpaired) electrons. The molecule has 0 amide bonds. The van der Waals surface area contributed by atoms with Gasteiger partial charge < -0.3 is 15.0 Å². The van der Waals surface area contributed by atoms with Gasteiger partial charge in [0.05, 0.1) is 12.4 Å². The van der Waals surface area contributed by atoms with E-state index in [9.17, 15) is 4.39 Å². The van der Waals surface area contributed by atoms with Crippen LogP contribution in [0.25, 0.3) is 0 Å². The minimum absolute atomic E-state index is 0.196. The third-order valence-corrected chi connectivity index (χ3v) is 6.31. The molecular formula is C27H36FN3O. The topological polar surface area (TPSA) is 27.7 Å². The van der Waals surface area contributed by atoms with Crippen LogP contribution in [0.1, 0.15) is 44.2 Å². The summed E-state index contributed by atoms with van der Waals surface area (Å²) in [6.45, 7) is 13.1. The summed E-state index contributed by atoms with van der Waals surface area (Å²) in [5.41, 5.74) is 2.29. The van der Waals surface area contributed by atoms with Crippen LogP contribution >= 0.6 is 0 Å². The fourth-order valence-electron chi connectivity index (χ4n) is 4.30. The average Bonchev–Trinajstić information content (AvgIpc) is 3.53. The van der Waals surface area contributed by atoms with Crippen LogP contribution in [0.15, 0.2) is 60.9 Å². The van der Waals surface area contributed by atoms with Crippen molar-refractivity contribution in [1.29, 1.82) is 0 Å². The zero-order valence-corrected chi connectivity index (χ0v) is 19.4. The zero-order valence-electron chi connectivity index (χ0n) is 19.4. The summed E-state index contributed by atoms with van der Waals surface area (Å²) >= 11 is 0. The van der Waals surface area contributed by atoms with Gasteiger partial charge in [-0.15, -0.1) is 0 Å². The Morgan fingerprint density at radius 3 is 2.44 bits per heavy atom. The average molecular weight is 438 g/mol. The first-order valence-corrected chi connectivity index (χ1v) is 11.9. The van der Waals surface area contributed by atoms with Gasteiger partial charge in [-0.2, -0.15) is 0 Å². The van der Waals surface area contributed by atoms with Gasteiger partial charge in [-0.05, 0) is 60.6 Å². The Morgan fingerprint density at radius 1 is 1.09 bits per heavy atom. The van der Waals surface area contributed by atoms with Gasteiger partial charge in [-0.1, -0.05) is 44.7 Å². The molecule has 5 heteroatoms. The highest BCUT2D eigenvalue weighted by Gasteiger charge is 2.36. The summed E-state index contributed by atoms with van der Waals surface area (Å²) < 4.78 is 19.2. The van der Waals surface area contributed by atoms with Crippen molar-refractivity contribution in [2.45, 2.75) is 58.3 Å². The quantitative estimate of drug-likeness (QED) is 0.526. The van der Waals surface area contributed by atoms with Crippen LogP contribution in [0.2, 0.25) is 0 Å². The lowest BCUT2D eigenvalue weighted by Gasteiger charge is -2.33. The number of benzene rings is 2. The molecule has 4 nitrogen and oxygen atoms in total. The van der Waals surface area contributed by atoms with E-state index in [0.29, 0.717) is 18.5 Å². The Hall–Kier alpha value is -2.53. The Balaban J connectivity index is 1.37. The molecule has 0 spiro atoms. The summed E-state index contributed by atoms with van der Waals surface area (Å²) in [7, 11) is 0. The van der Waals surface area contributed by atoms with Crippen molar-refractivity contribution in [3.63, 3.8) is 0 Å². The molecule has 1 atom stereocenters.